The summed E-state index contributed by atoms with van der Waals surface area (Å²) in [5.41, 5.74) is 7.87. The van der Waals surface area contributed by atoms with Crippen molar-refractivity contribution in [2.45, 2.75) is 13.8 Å². The molecule has 0 saturated carbocycles. The van der Waals surface area contributed by atoms with Crippen LogP contribution in [0.15, 0.2) is 27.5 Å². The number of nitrogens with two attached hydrogens (primary N) is 1. The van der Waals surface area contributed by atoms with Gasteiger partial charge in [-0.2, -0.15) is 0 Å². The van der Waals surface area contributed by atoms with Gasteiger partial charge < -0.3 is 10.7 Å². The van der Waals surface area contributed by atoms with E-state index >= 15 is 0 Å². The quantitative estimate of drug-likeness (QED) is 0.848. The molecule has 2 aromatic rings. The molecule has 2 rings (SSSR count). The predicted octanol–water partition coefficient (Wildman–Crippen LogP) is 2.40. The van der Waals surface area contributed by atoms with Gasteiger partial charge in [0.25, 0.3) is 5.56 Å². The normalized spacial score (nSPS) is 10.5. The number of nitrogens with one attached hydrogen (secondary N) is 1. The van der Waals surface area contributed by atoms with Gasteiger partial charge in [0.05, 0.1) is 5.56 Å². The summed E-state index contributed by atoms with van der Waals surface area (Å²) < 4.78 is 0.969. The summed E-state index contributed by atoms with van der Waals surface area (Å²) >= 11 is 3.44. The van der Waals surface area contributed by atoms with Crippen LogP contribution < -0.4 is 11.3 Å². The van der Waals surface area contributed by atoms with Crippen LogP contribution in [-0.2, 0) is 0 Å². The monoisotopic (exact) mass is 293 g/mol. The molecular formula is C12H12BrN3O. The Morgan fingerprint density at radius 1 is 1.35 bits per heavy atom. The van der Waals surface area contributed by atoms with Crippen LogP contribution in [0.3, 0.4) is 0 Å². The lowest BCUT2D eigenvalue weighted by molar-refractivity contribution is 1.09. The van der Waals surface area contributed by atoms with Gasteiger partial charge >= 0.3 is 0 Å². The summed E-state index contributed by atoms with van der Waals surface area (Å²) in [6.07, 6.45) is 0. The van der Waals surface area contributed by atoms with Crippen molar-refractivity contribution in [3.63, 3.8) is 0 Å². The van der Waals surface area contributed by atoms with Crippen LogP contribution in [0.2, 0.25) is 0 Å². The highest BCUT2D eigenvalue weighted by molar-refractivity contribution is 9.10. The van der Waals surface area contributed by atoms with E-state index in [0.29, 0.717) is 11.4 Å². The minimum absolute atomic E-state index is 0.204. The first-order valence-electron chi connectivity index (χ1n) is 5.12. The van der Waals surface area contributed by atoms with E-state index < -0.39 is 0 Å². The Bertz CT molecular complexity index is 634. The molecule has 1 heterocycles. The fourth-order valence-corrected chi connectivity index (χ4v) is 1.81. The smallest absolute Gasteiger partial charge is 0.256 e. The van der Waals surface area contributed by atoms with Crippen molar-refractivity contribution in [2.75, 3.05) is 5.73 Å². The summed E-state index contributed by atoms with van der Waals surface area (Å²) in [6.45, 7) is 3.64. The van der Waals surface area contributed by atoms with E-state index in [1.807, 2.05) is 25.1 Å². The lowest BCUT2D eigenvalue weighted by Gasteiger charge is -2.05. The average Bonchev–Trinajstić information content (AvgIpc) is 2.29. The Morgan fingerprint density at radius 3 is 2.65 bits per heavy atom. The highest BCUT2D eigenvalue weighted by atomic mass is 79.9. The second kappa shape index (κ2) is 4.33. The highest BCUT2D eigenvalue weighted by Gasteiger charge is 2.07. The Kier molecular flexibility index (Phi) is 3.02. The molecular weight excluding hydrogens is 282 g/mol. The van der Waals surface area contributed by atoms with Crippen molar-refractivity contribution in [3.8, 4) is 11.4 Å². The van der Waals surface area contributed by atoms with Gasteiger partial charge in [-0.15, -0.1) is 0 Å². The fraction of sp³-hybridized carbons (Fsp3) is 0.167. The van der Waals surface area contributed by atoms with E-state index in [9.17, 15) is 4.79 Å². The molecule has 5 heteroatoms. The van der Waals surface area contributed by atoms with Crippen molar-refractivity contribution in [1.29, 1.82) is 0 Å². The Hall–Kier alpha value is -1.62. The second-order valence-electron chi connectivity index (χ2n) is 3.89. The van der Waals surface area contributed by atoms with Gasteiger partial charge in [0, 0.05) is 10.0 Å². The maximum Gasteiger partial charge on any atom is 0.256 e. The predicted molar refractivity (Wildman–Crippen MR) is 71.9 cm³/mol. The molecule has 0 aliphatic heterocycles. The Morgan fingerprint density at radius 2 is 2.06 bits per heavy atom. The third-order valence-corrected chi connectivity index (χ3v) is 3.49. The van der Waals surface area contributed by atoms with E-state index in [1.165, 1.54) is 0 Å². The zero-order chi connectivity index (χ0) is 12.6. The van der Waals surface area contributed by atoms with Gasteiger partial charge in [-0.3, -0.25) is 4.79 Å². The molecule has 0 unspecified atom stereocenters. The molecule has 0 radical (unpaired) electrons. The number of hydrogen-bond acceptors (Lipinski definition) is 3. The van der Waals surface area contributed by atoms with Crippen molar-refractivity contribution in [3.05, 3.63) is 44.2 Å². The summed E-state index contributed by atoms with van der Waals surface area (Å²) in [7, 11) is 0. The summed E-state index contributed by atoms with van der Waals surface area (Å²) in [5.74, 6) is 0.749. The molecule has 0 amide bonds. The first kappa shape index (κ1) is 11.9. The topological polar surface area (TPSA) is 71.8 Å². The molecule has 0 spiro atoms. The first-order chi connectivity index (χ1) is 7.99. The maximum atomic E-state index is 11.6. The third-order valence-electron chi connectivity index (χ3n) is 2.63. The number of nitrogen functional groups attached to an aromatic ring is 1. The number of anilines is 1. The molecule has 4 nitrogen and oxygen atoms in total. The summed E-state index contributed by atoms with van der Waals surface area (Å²) in [4.78, 5) is 18.5. The number of aryl methyl sites for hydroxylation is 1. The second-order valence-corrected chi connectivity index (χ2v) is 4.74. The lowest BCUT2D eigenvalue weighted by Crippen LogP contribution is -2.15. The molecule has 17 heavy (non-hydrogen) atoms. The number of rotatable bonds is 1. The van der Waals surface area contributed by atoms with Crippen molar-refractivity contribution in [2.24, 2.45) is 0 Å². The first-order valence-corrected chi connectivity index (χ1v) is 5.91. The van der Waals surface area contributed by atoms with Crippen molar-refractivity contribution >= 4 is 21.7 Å². The van der Waals surface area contributed by atoms with E-state index in [2.05, 4.69) is 25.9 Å². The molecule has 1 aromatic heterocycles. The standard InChI is InChI=1S/C12H12BrN3O/c1-6-3-4-8(5-9(6)13)11-15-10(14)7(2)12(17)16-11/h3-5H,1-2H3,(H3,14,15,16,17). The average molecular weight is 294 g/mol. The number of nitrogens with zero attached hydrogens (tertiary/aromatic N) is 1. The molecule has 0 bridgehead atoms. The Balaban J connectivity index is 2.61. The van der Waals surface area contributed by atoms with Gasteiger partial charge in [-0.1, -0.05) is 28.1 Å². The summed E-state index contributed by atoms with van der Waals surface area (Å²) in [6, 6.07) is 5.75. The molecule has 0 aliphatic carbocycles. The molecule has 0 saturated heterocycles. The lowest BCUT2D eigenvalue weighted by atomic mass is 10.1. The van der Waals surface area contributed by atoms with Crippen LogP contribution in [0.5, 0.6) is 0 Å². The van der Waals surface area contributed by atoms with Crippen LogP contribution in [0.25, 0.3) is 11.4 Å². The molecule has 0 atom stereocenters. The molecule has 0 fully saturated rings. The van der Waals surface area contributed by atoms with Crippen LogP contribution >= 0.6 is 15.9 Å². The fourth-order valence-electron chi connectivity index (χ4n) is 1.43. The molecule has 88 valence electrons. The van der Waals surface area contributed by atoms with Crippen molar-refractivity contribution < 1.29 is 0 Å². The van der Waals surface area contributed by atoms with Gasteiger partial charge in [-0.25, -0.2) is 4.98 Å². The van der Waals surface area contributed by atoms with E-state index in [-0.39, 0.29) is 11.4 Å². The van der Waals surface area contributed by atoms with Crippen LogP contribution in [-0.4, -0.2) is 9.97 Å². The highest BCUT2D eigenvalue weighted by Crippen LogP contribution is 2.23. The minimum atomic E-state index is -0.204. The number of aromatic nitrogens is 2. The third kappa shape index (κ3) is 2.24. The number of benzene rings is 1. The zero-order valence-corrected chi connectivity index (χ0v) is 11.1. The molecule has 3 N–H and O–H groups in total. The van der Waals surface area contributed by atoms with E-state index in [4.69, 9.17) is 5.73 Å². The van der Waals surface area contributed by atoms with Crippen LogP contribution in [0.1, 0.15) is 11.1 Å². The van der Waals surface area contributed by atoms with E-state index in [1.54, 1.807) is 6.92 Å². The zero-order valence-electron chi connectivity index (χ0n) is 9.54. The number of H-pyrrole nitrogens is 1. The number of halogens is 1. The van der Waals surface area contributed by atoms with Crippen LogP contribution in [0, 0.1) is 13.8 Å². The molecule has 1 aromatic carbocycles. The summed E-state index contributed by atoms with van der Waals surface area (Å²) in [5, 5.41) is 0. The van der Waals surface area contributed by atoms with Crippen molar-refractivity contribution in [1.82, 2.24) is 9.97 Å². The van der Waals surface area contributed by atoms with Gasteiger partial charge in [0.2, 0.25) is 0 Å². The minimum Gasteiger partial charge on any atom is -0.383 e. The largest absolute Gasteiger partial charge is 0.383 e. The van der Waals surface area contributed by atoms with Gasteiger partial charge in [-0.05, 0) is 25.5 Å². The number of hydrogen-bond donors (Lipinski definition) is 2. The molecule has 0 aliphatic rings. The van der Waals surface area contributed by atoms with Gasteiger partial charge in [0.1, 0.15) is 11.6 Å². The Labute approximate surface area is 107 Å². The van der Waals surface area contributed by atoms with E-state index in [0.717, 1.165) is 15.6 Å². The van der Waals surface area contributed by atoms with Crippen LogP contribution in [0.4, 0.5) is 5.82 Å². The maximum absolute atomic E-state index is 11.6. The number of aromatic amines is 1. The SMILES string of the molecule is Cc1ccc(-c2nc(N)c(C)c(=O)[nH]2)cc1Br. The van der Waals surface area contributed by atoms with Gasteiger partial charge in [0.15, 0.2) is 0 Å².